The normalized spacial score (nSPS) is 37.3. The van der Waals surface area contributed by atoms with Gasteiger partial charge >= 0.3 is 0 Å². The monoisotopic (exact) mass is 212 g/mol. The van der Waals surface area contributed by atoms with Crippen molar-refractivity contribution in [3.8, 4) is 0 Å². The smallest absolute Gasteiger partial charge is 0.0353 e. The standard InChI is InChI=1S/C11H20N2S/c1-2-10-8-12-9-11(13(10)5-1)3-6-14-7-4-11/h10,12H,1-9H2/t10-/m1/s1. The van der Waals surface area contributed by atoms with Crippen molar-refractivity contribution in [3.05, 3.63) is 0 Å². The van der Waals surface area contributed by atoms with E-state index in [9.17, 15) is 0 Å². The average Bonchev–Trinajstić information content (AvgIpc) is 2.69. The molecule has 3 heteroatoms. The minimum Gasteiger partial charge on any atom is -0.313 e. The second-order valence-electron chi connectivity index (χ2n) is 4.96. The maximum Gasteiger partial charge on any atom is 0.0353 e. The lowest BCUT2D eigenvalue weighted by molar-refractivity contribution is 0.0350. The highest BCUT2D eigenvalue weighted by Crippen LogP contribution is 2.38. The molecule has 0 aromatic heterocycles. The molecule has 3 rings (SSSR count). The van der Waals surface area contributed by atoms with Crippen LogP contribution in [0.5, 0.6) is 0 Å². The van der Waals surface area contributed by atoms with Crippen LogP contribution in [-0.4, -0.2) is 47.6 Å². The summed E-state index contributed by atoms with van der Waals surface area (Å²) in [6, 6.07) is 0.867. The largest absolute Gasteiger partial charge is 0.313 e. The van der Waals surface area contributed by atoms with Crippen LogP contribution < -0.4 is 5.32 Å². The number of piperazine rings is 1. The molecule has 1 atom stereocenters. The van der Waals surface area contributed by atoms with Crippen LogP contribution in [0.4, 0.5) is 0 Å². The molecule has 1 N–H and O–H groups in total. The summed E-state index contributed by atoms with van der Waals surface area (Å²) in [5, 5.41) is 3.67. The Labute approximate surface area is 90.8 Å². The summed E-state index contributed by atoms with van der Waals surface area (Å²) in [6.45, 7) is 3.87. The van der Waals surface area contributed by atoms with Crippen LogP contribution in [0.1, 0.15) is 25.7 Å². The Kier molecular flexibility index (Phi) is 2.50. The summed E-state index contributed by atoms with van der Waals surface area (Å²) in [5.74, 6) is 2.76. The van der Waals surface area contributed by atoms with Gasteiger partial charge in [-0.05, 0) is 43.7 Å². The van der Waals surface area contributed by atoms with E-state index in [1.165, 1.54) is 56.8 Å². The molecule has 1 spiro atoms. The molecular formula is C11H20N2S. The summed E-state index contributed by atoms with van der Waals surface area (Å²) in [6.07, 6.45) is 5.70. The van der Waals surface area contributed by atoms with E-state index in [2.05, 4.69) is 22.0 Å². The summed E-state index contributed by atoms with van der Waals surface area (Å²) in [7, 11) is 0. The molecule has 0 bridgehead atoms. The van der Waals surface area contributed by atoms with Crippen molar-refractivity contribution in [1.82, 2.24) is 10.2 Å². The molecule has 3 saturated heterocycles. The molecule has 2 nitrogen and oxygen atoms in total. The Morgan fingerprint density at radius 2 is 2.14 bits per heavy atom. The number of thioether (sulfide) groups is 1. The molecule has 0 saturated carbocycles. The molecule has 3 aliphatic heterocycles. The molecule has 0 amide bonds. The van der Waals surface area contributed by atoms with Crippen molar-refractivity contribution < 1.29 is 0 Å². The molecular weight excluding hydrogens is 192 g/mol. The van der Waals surface area contributed by atoms with Crippen LogP contribution in [0.25, 0.3) is 0 Å². The first-order chi connectivity index (χ1) is 6.91. The van der Waals surface area contributed by atoms with Gasteiger partial charge in [0.2, 0.25) is 0 Å². The van der Waals surface area contributed by atoms with Crippen molar-refractivity contribution in [2.24, 2.45) is 0 Å². The average molecular weight is 212 g/mol. The van der Waals surface area contributed by atoms with Gasteiger partial charge in [-0.3, -0.25) is 4.90 Å². The Morgan fingerprint density at radius 3 is 3.00 bits per heavy atom. The number of hydrogen-bond acceptors (Lipinski definition) is 3. The van der Waals surface area contributed by atoms with E-state index in [-0.39, 0.29) is 0 Å². The molecule has 0 aliphatic carbocycles. The highest BCUT2D eigenvalue weighted by atomic mass is 32.2. The predicted octanol–water partition coefficient (Wildman–Crippen LogP) is 1.32. The highest BCUT2D eigenvalue weighted by molar-refractivity contribution is 7.99. The highest BCUT2D eigenvalue weighted by Gasteiger charge is 2.45. The molecule has 0 aromatic rings. The van der Waals surface area contributed by atoms with Gasteiger partial charge in [0.25, 0.3) is 0 Å². The van der Waals surface area contributed by atoms with Crippen LogP contribution >= 0.6 is 11.8 Å². The van der Waals surface area contributed by atoms with E-state index in [1.54, 1.807) is 0 Å². The van der Waals surface area contributed by atoms with Crippen LogP contribution in [0.2, 0.25) is 0 Å². The van der Waals surface area contributed by atoms with Crippen molar-refractivity contribution in [2.75, 3.05) is 31.1 Å². The van der Waals surface area contributed by atoms with E-state index in [4.69, 9.17) is 0 Å². The molecule has 0 unspecified atom stereocenters. The third-order valence-electron chi connectivity index (χ3n) is 4.24. The topological polar surface area (TPSA) is 15.3 Å². The van der Waals surface area contributed by atoms with Gasteiger partial charge in [0, 0.05) is 24.7 Å². The molecule has 3 fully saturated rings. The van der Waals surface area contributed by atoms with Gasteiger partial charge in [0.15, 0.2) is 0 Å². The first-order valence-electron chi connectivity index (χ1n) is 5.96. The first-order valence-corrected chi connectivity index (χ1v) is 7.11. The van der Waals surface area contributed by atoms with Gasteiger partial charge in [-0.25, -0.2) is 0 Å². The minimum absolute atomic E-state index is 0.560. The lowest BCUT2D eigenvalue weighted by atomic mass is 9.87. The van der Waals surface area contributed by atoms with Crippen molar-refractivity contribution in [1.29, 1.82) is 0 Å². The number of hydrogen-bond donors (Lipinski definition) is 1. The third-order valence-corrected chi connectivity index (χ3v) is 5.23. The maximum atomic E-state index is 3.67. The van der Waals surface area contributed by atoms with Crippen LogP contribution in [0, 0.1) is 0 Å². The van der Waals surface area contributed by atoms with Crippen LogP contribution in [0.15, 0.2) is 0 Å². The van der Waals surface area contributed by atoms with Gasteiger partial charge in [0.1, 0.15) is 0 Å². The van der Waals surface area contributed by atoms with Crippen LogP contribution in [-0.2, 0) is 0 Å². The SMILES string of the molecule is C1C[C@@H]2CNCC3(CCSCC3)N2C1. The Balaban J connectivity index is 1.81. The lowest BCUT2D eigenvalue weighted by Gasteiger charge is -2.51. The van der Waals surface area contributed by atoms with Crippen molar-refractivity contribution in [2.45, 2.75) is 37.3 Å². The quantitative estimate of drug-likeness (QED) is 0.652. The van der Waals surface area contributed by atoms with Gasteiger partial charge < -0.3 is 5.32 Å². The van der Waals surface area contributed by atoms with Crippen LogP contribution in [0.3, 0.4) is 0 Å². The predicted molar refractivity (Wildman–Crippen MR) is 61.9 cm³/mol. The minimum atomic E-state index is 0.560. The van der Waals surface area contributed by atoms with E-state index < -0.39 is 0 Å². The number of nitrogens with one attached hydrogen (secondary N) is 1. The zero-order valence-corrected chi connectivity index (χ0v) is 9.61. The van der Waals surface area contributed by atoms with Gasteiger partial charge in [-0.2, -0.15) is 11.8 Å². The molecule has 80 valence electrons. The Morgan fingerprint density at radius 1 is 1.29 bits per heavy atom. The first kappa shape index (κ1) is 9.49. The van der Waals surface area contributed by atoms with E-state index in [1.807, 2.05) is 0 Å². The summed E-state index contributed by atoms with van der Waals surface area (Å²) in [4.78, 5) is 2.85. The van der Waals surface area contributed by atoms with Gasteiger partial charge in [0.05, 0.1) is 0 Å². The van der Waals surface area contributed by atoms with E-state index in [0.717, 1.165) is 6.04 Å². The molecule has 14 heavy (non-hydrogen) atoms. The van der Waals surface area contributed by atoms with Crippen molar-refractivity contribution in [3.63, 3.8) is 0 Å². The number of nitrogens with zero attached hydrogens (tertiary/aromatic N) is 1. The van der Waals surface area contributed by atoms with E-state index in [0.29, 0.717) is 5.54 Å². The fourth-order valence-corrected chi connectivity index (χ4v) is 4.71. The fourth-order valence-electron chi connectivity index (χ4n) is 3.46. The van der Waals surface area contributed by atoms with Crippen molar-refractivity contribution >= 4 is 11.8 Å². The fraction of sp³-hybridized carbons (Fsp3) is 1.00. The molecule has 3 aliphatic rings. The molecule has 3 heterocycles. The zero-order valence-electron chi connectivity index (χ0n) is 8.80. The van der Waals surface area contributed by atoms with Gasteiger partial charge in [-0.1, -0.05) is 0 Å². The van der Waals surface area contributed by atoms with Gasteiger partial charge in [-0.15, -0.1) is 0 Å². The summed E-state index contributed by atoms with van der Waals surface area (Å²) in [5.41, 5.74) is 0.560. The summed E-state index contributed by atoms with van der Waals surface area (Å²) < 4.78 is 0. The number of fused-ring (bicyclic) bond motifs is 2. The number of rotatable bonds is 0. The third kappa shape index (κ3) is 1.41. The molecule has 0 aromatic carbocycles. The summed E-state index contributed by atoms with van der Waals surface area (Å²) >= 11 is 2.14. The Hall–Kier alpha value is 0.270. The zero-order chi connectivity index (χ0) is 9.43. The second-order valence-corrected chi connectivity index (χ2v) is 6.18. The second kappa shape index (κ2) is 3.69. The lowest BCUT2D eigenvalue weighted by Crippen LogP contribution is -2.64. The maximum absolute atomic E-state index is 3.67. The van der Waals surface area contributed by atoms with E-state index >= 15 is 0 Å². The molecule has 0 radical (unpaired) electrons. The Bertz CT molecular complexity index is 208.